The van der Waals surface area contributed by atoms with E-state index >= 15 is 0 Å². The van der Waals surface area contributed by atoms with Gasteiger partial charge in [0.2, 0.25) is 21.8 Å². The smallest absolute Gasteiger partial charge is 0.244 e. The topological polar surface area (TPSA) is 86.8 Å². The average Bonchev–Trinajstić information content (AvgIpc) is 2.94. The molecule has 0 heterocycles. The molecule has 0 radical (unpaired) electrons. The molecule has 0 spiro atoms. The number of anilines is 1. The molecule has 1 aliphatic rings. The van der Waals surface area contributed by atoms with Crippen LogP contribution in [0.15, 0.2) is 78.9 Å². The van der Waals surface area contributed by atoms with Gasteiger partial charge >= 0.3 is 0 Å². The van der Waals surface area contributed by atoms with Crippen LogP contribution in [0.25, 0.3) is 0 Å². The molecule has 9 heteroatoms. The van der Waals surface area contributed by atoms with E-state index in [0.29, 0.717) is 10.7 Å². The van der Waals surface area contributed by atoms with Gasteiger partial charge in [0.15, 0.2) is 0 Å². The number of sulfonamides is 1. The van der Waals surface area contributed by atoms with E-state index in [4.69, 9.17) is 11.6 Å². The Balaban J connectivity index is 1.73. The lowest BCUT2D eigenvalue weighted by Crippen LogP contribution is -2.55. The number of amides is 2. The number of benzene rings is 3. The van der Waals surface area contributed by atoms with Crippen LogP contribution in [-0.2, 0) is 32.6 Å². The maximum Gasteiger partial charge on any atom is 0.244 e. The van der Waals surface area contributed by atoms with E-state index in [2.05, 4.69) is 5.32 Å². The second-order valence-corrected chi connectivity index (χ2v) is 13.1. The van der Waals surface area contributed by atoms with E-state index in [-0.39, 0.29) is 24.9 Å². The molecule has 41 heavy (non-hydrogen) atoms. The predicted molar refractivity (Wildman–Crippen MR) is 164 cm³/mol. The van der Waals surface area contributed by atoms with Crippen LogP contribution in [0.2, 0.25) is 5.02 Å². The van der Waals surface area contributed by atoms with Crippen LogP contribution in [0.1, 0.15) is 48.8 Å². The van der Waals surface area contributed by atoms with Crippen LogP contribution in [0, 0.1) is 6.92 Å². The summed E-state index contributed by atoms with van der Waals surface area (Å²) < 4.78 is 27.0. The zero-order valence-electron chi connectivity index (χ0n) is 23.6. The predicted octanol–water partition coefficient (Wildman–Crippen LogP) is 5.50. The molecule has 0 bridgehead atoms. The van der Waals surface area contributed by atoms with E-state index in [9.17, 15) is 18.0 Å². The Bertz CT molecular complexity index is 1440. The van der Waals surface area contributed by atoms with E-state index in [1.54, 1.807) is 43.3 Å². The summed E-state index contributed by atoms with van der Waals surface area (Å²) >= 11 is 6.28. The lowest BCUT2D eigenvalue weighted by Gasteiger charge is -2.35. The number of aryl methyl sites for hydroxylation is 1. The van der Waals surface area contributed by atoms with E-state index in [1.165, 1.54) is 4.90 Å². The van der Waals surface area contributed by atoms with E-state index in [0.717, 1.165) is 59.4 Å². The Hall–Kier alpha value is -3.36. The lowest BCUT2D eigenvalue weighted by molar-refractivity contribution is -0.140. The summed E-state index contributed by atoms with van der Waals surface area (Å²) in [4.78, 5) is 29.7. The third-order valence-electron chi connectivity index (χ3n) is 7.53. The summed E-state index contributed by atoms with van der Waals surface area (Å²) in [6.07, 6.45) is 6.44. The van der Waals surface area contributed by atoms with Crippen molar-refractivity contribution >= 4 is 39.1 Å². The van der Waals surface area contributed by atoms with Gasteiger partial charge in [0.05, 0.1) is 11.9 Å². The Kier molecular flexibility index (Phi) is 10.5. The fourth-order valence-electron chi connectivity index (χ4n) is 5.37. The van der Waals surface area contributed by atoms with Gasteiger partial charge in [0, 0.05) is 24.0 Å². The number of hydrogen-bond donors (Lipinski definition) is 1. The number of nitrogens with zero attached hydrogens (tertiary/aromatic N) is 2. The highest BCUT2D eigenvalue weighted by atomic mass is 35.5. The molecule has 7 nitrogen and oxygen atoms in total. The number of halogens is 1. The van der Waals surface area contributed by atoms with Crippen molar-refractivity contribution in [3.05, 3.63) is 101 Å². The highest BCUT2D eigenvalue weighted by Gasteiger charge is 2.34. The SMILES string of the molecule is Cc1ccccc1N(CC(=O)N(Cc1cccc(Cl)c1)C(Cc1ccccc1)C(=O)NC1CCCCC1)S(C)(=O)=O. The quantitative estimate of drug-likeness (QED) is 0.317. The fourth-order valence-corrected chi connectivity index (χ4v) is 6.49. The molecule has 2 amide bonds. The van der Waals surface area contributed by atoms with E-state index < -0.39 is 28.5 Å². The Morgan fingerprint density at radius 2 is 1.59 bits per heavy atom. The van der Waals surface area contributed by atoms with Crippen LogP contribution >= 0.6 is 11.6 Å². The number of carbonyl (C=O) groups is 2. The second-order valence-electron chi connectivity index (χ2n) is 10.8. The summed E-state index contributed by atoms with van der Waals surface area (Å²) in [5.74, 6) is -0.712. The summed E-state index contributed by atoms with van der Waals surface area (Å²) in [5.41, 5.74) is 2.80. The third-order valence-corrected chi connectivity index (χ3v) is 8.89. The van der Waals surface area contributed by atoms with Crippen molar-refractivity contribution in [1.82, 2.24) is 10.2 Å². The zero-order chi connectivity index (χ0) is 29.4. The first-order chi connectivity index (χ1) is 19.6. The summed E-state index contributed by atoms with van der Waals surface area (Å²) in [7, 11) is -3.81. The molecular weight excluding hydrogens is 558 g/mol. The minimum Gasteiger partial charge on any atom is -0.352 e. The van der Waals surface area contributed by atoms with Crippen LogP contribution in [0.3, 0.4) is 0 Å². The second kappa shape index (κ2) is 14.0. The van der Waals surface area contributed by atoms with Crippen molar-refractivity contribution in [2.75, 3.05) is 17.1 Å². The molecule has 1 aliphatic carbocycles. The number of nitrogens with one attached hydrogen (secondary N) is 1. The van der Waals surface area contributed by atoms with Crippen molar-refractivity contribution in [2.45, 2.75) is 64.1 Å². The monoisotopic (exact) mass is 595 g/mol. The molecule has 1 saturated carbocycles. The van der Waals surface area contributed by atoms with Gasteiger partial charge in [-0.1, -0.05) is 91.5 Å². The minimum atomic E-state index is -3.81. The van der Waals surface area contributed by atoms with Crippen molar-refractivity contribution in [2.24, 2.45) is 0 Å². The summed E-state index contributed by atoms with van der Waals surface area (Å²) in [5, 5.41) is 3.72. The number of rotatable bonds is 11. The molecule has 1 N–H and O–H groups in total. The van der Waals surface area contributed by atoms with Gasteiger partial charge in [-0.15, -0.1) is 0 Å². The molecule has 3 aromatic carbocycles. The molecule has 0 aliphatic heterocycles. The lowest BCUT2D eigenvalue weighted by atomic mass is 9.94. The van der Waals surface area contributed by atoms with Crippen LogP contribution in [0.5, 0.6) is 0 Å². The number of carbonyl (C=O) groups excluding carboxylic acids is 2. The van der Waals surface area contributed by atoms with Crippen LogP contribution < -0.4 is 9.62 Å². The standard InChI is InChI=1S/C32H38ClN3O4S/c1-24-12-9-10-19-29(24)36(41(2,39)40)23-31(37)35(22-26-15-11-16-27(33)20-26)30(21-25-13-5-3-6-14-25)32(38)34-28-17-7-4-8-18-28/h3,5-6,9-16,19-20,28,30H,4,7-8,17-18,21-23H2,1-2H3,(H,34,38). The maximum atomic E-state index is 14.2. The minimum absolute atomic E-state index is 0.0529. The molecule has 218 valence electrons. The highest BCUT2D eigenvalue weighted by Crippen LogP contribution is 2.24. The van der Waals surface area contributed by atoms with Gasteiger partial charge in [0.1, 0.15) is 12.6 Å². The fraction of sp³-hybridized carbons (Fsp3) is 0.375. The number of para-hydroxylation sites is 1. The Morgan fingerprint density at radius 3 is 2.24 bits per heavy atom. The first-order valence-corrected chi connectivity index (χ1v) is 16.3. The van der Waals surface area contributed by atoms with Gasteiger partial charge in [-0.3, -0.25) is 13.9 Å². The molecular formula is C32H38ClN3O4S. The molecule has 4 rings (SSSR count). The maximum absolute atomic E-state index is 14.2. The molecule has 1 unspecified atom stereocenters. The average molecular weight is 596 g/mol. The Labute approximate surface area is 248 Å². The Morgan fingerprint density at radius 1 is 0.927 bits per heavy atom. The van der Waals surface area contributed by atoms with Crippen LogP contribution in [0.4, 0.5) is 5.69 Å². The highest BCUT2D eigenvalue weighted by molar-refractivity contribution is 7.92. The first kappa shape index (κ1) is 30.6. The van der Waals surface area contributed by atoms with Gasteiger partial charge in [-0.05, 0) is 54.7 Å². The number of hydrogen-bond acceptors (Lipinski definition) is 4. The molecule has 0 aromatic heterocycles. The third kappa shape index (κ3) is 8.57. The van der Waals surface area contributed by atoms with Crippen molar-refractivity contribution in [1.29, 1.82) is 0 Å². The van der Waals surface area contributed by atoms with Gasteiger partial charge in [-0.2, -0.15) is 0 Å². The van der Waals surface area contributed by atoms with Gasteiger partial charge < -0.3 is 10.2 Å². The van der Waals surface area contributed by atoms with Crippen LogP contribution in [-0.4, -0.2) is 50.0 Å². The van der Waals surface area contributed by atoms with Crippen molar-refractivity contribution in [3.63, 3.8) is 0 Å². The largest absolute Gasteiger partial charge is 0.352 e. The molecule has 3 aromatic rings. The molecule has 0 saturated heterocycles. The summed E-state index contributed by atoms with van der Waals surface area (Å²) in [6.45, 7) is 1.46. The summed E-state index contributed by atoms with van der Waals surface area (Å²) in [6, 6.07) is 23.0. The molecule has 1 atom stereocenters. The van der Waals surface area contributed by atoms with E-state index in [1.807, 2.05) is 42.5 Å². The van der Waals surface area contributed by atoms with Crippen molar-refractivity contribution < 1.29 is 18.0 Å². The van der Waals surface area contributed by atoms with Crippen molar-refractivity contribution in [3.8, 4) is 0 Å². The van der Waals surface area contributed by atoms with Gasteiger partial charge in [0.25, 0.3) is 0 Å². The first-order valence-electron chi connectivity index (χ1n) is 14.0. The van der Waals surface area contributed by atoms with Gasteiger partial charge in [-0.25, -0.2) is 8.42 Å². The molecule has 1 fully saturated rings. The zero-order valence-corrected chi connectivity index (χ0v) is 25.2. The normalized spacial score (nSPS) is 14.7.